The van der Waals surface area contributed by atoms with Gasteiger partial charge in [-0.3, -0.25) is 0 Å². The zero-order valence-corrected chi connectivity index (χ0v) is 17.7. The number of nitrogens with zero attached hydrogens (tertiary/aromatic N) is 6. The van der Waals surface area contributed by atoms with Gasteiger partial charge in [-0.15, -0.1) is 0 Å². The molecule has 2 saturated heterocycles. The summed E-state index contributed by atoms with van der Waals surface area (Å²) in [7, 11) is 0. The van der Waals surface area contributed by atoms with Crippen LogP contribution in [0.15, 0.2) is 30.3 Å². The Morgan fingerprint density at radius 1 is 0.833 bits per heavy atom. The predicted octanol–water partition coefficient (Wildman–Crippen LogP) is 3.26. The molecule has 7 heteroatoms. The van der Waals surface area contributed by atoms with Gasteiger partial charge >= 0.3 is 0 Å². The normalized spacial score (nSPS) is 18.2. The number of benzene rings is 1. The molecular weight excluding hydrogens is 376 g/mol. The van der Waals surface area contributed by atoms with Gasteiger partial charge in [0.1, 0.15) is 11.6 Å². The topological polar surface area (TPSA) is 67.3 Å². The lowest BCUT2D eigenvalue weighted by molar-refractivity contribution is 0.0844. The maximum atomic E-state index is 5.52. The van der Waals surface area contributed by atoms with Crippen LogP contribution in [0.25, 0.3) is 11.0 Å². The van der Waals surface area contributed by atoms with Crippen LogP contribution < -0.4 is 9.80 Å². The van der Waals surface area contributed by atoms with Crippen LogP contribution in [-0.4, -0.2) is 59.3 Å². The van der Waals surface area contributed by atoms with E-state index in [1.165, 1.54) is 5.69 Å². The second-order valence-electron chi connectivity index (χ2n) is 8.18. The SMILES string of the molecule is Cc1nc(C2CCOCC2)cc(N2CCN(c3nc4ccccc4nc3C)CC2)n1. The molecule has 0 unspecified atom stereocenters. The summed E-state index contributed by atoms with van der Waals surface area (Å²) in [6.07, 6.45) is 2.09. The molecule has 2 aromatic heterocycles. The molecule has 2 aliphatic rings. The molecule has 4 heterocycles. The number of fused-ring (bicyclic) bond motifs is 1. The van der Waals surface area contributed by atoms with Gasteiger partial charge in [0.05, 0.1) is 16.7 Å². The number of anilines is 2. The van der Waals surface area contributed by atoms with Crippen molar-refractivity contribution >= 4 is 22.7 Å². The molecule has 0 N–H and O–H groups in total. The van der Waals surface area contributed by atoms with Gasteiger partial charge < -0.3 is 14.5 Å². The highest BCUT2D eigenvalue weighted by Crippen LogP contribution is 2.28. The minimum absolute atomic E-state index is 0.482. The second kappa shape index (κ2) is 8.14. The van der Waals surface area contributed by atoms with Crippen LogP contribution in [0.4, 0.5) is 11.6 Å². The van der Waals surface area contributed by atoms with Gasteiger partial charge in [-0.1, -0.05) is 12.1 Å². The lowest BCUT2D eigenvalue weighted by Crippen LogP contribution is -2.47. The van der Waals surface area contributed by atoms with Crippen molar-refractivity contribution in [3.63, 3.8) is 0 Å². The molecule has 1 aromatic carbocycles. The zero-order chi connectivity index (χ0) is 20.5. The smallest absolute Gasteiger partial charge is 0.150 e. The van der Waals surface area contributed by atoms with Crippen LogP contribution in [0.1, 0.15) is 36.0 Å². The van der Waals surface area contributed by atoms with Gasteiger partial charge in [-0.05, 0) is 38.8 Å². The van der Waals surface area contributed by atoms with E-state index in [1.807, 2.05) is 31.2 Å². The van der Waals surface area contributed by atoms with Crippen LogP contribution >= 0.6 is 0 Å². The van der Waals surface area contributed by atoms with E-state index in [2.05, 4.69) is 22.8 Å². The molecule has 30 heavy (non-hydrogen) atoms. The van der Waals surface area contributed by atoms with Crippen molar-refractivity contribution in [3.05, 3.63) is 47.5 Å². The molecule has 0 bridgehead atoms. The third-order valence-corrected chi connectivity index (χ3v) is 6.11. The van der Waals surface area contributed by atoms with E-state index in [1.54, 1.807) is 0 Å². The van der Waals surface area contributed by atoms with Crippen molar-refractivity contribution in [2.24, 2.45) is 0 Å². The number of hydrogen-bond donors (Lipinski definition) is 0. The van der Waals surface area contributed by atoms with Crippen molar-refractivity contribution in [3.8, 4) is 0 Å². The Morgan fingerprint density at radius 3 is 2.23 bits per heavy atom. The molecule has 0 radical (unpaired) electrons. The maximum Gasteiger partial charge on any atom is 0.150 e. The van der Waals surface area contributed by atoms with E-state index in [0.717, 1.165) is 86.4 Å². The highest BCUT2D eigenvalue weighted by atomic mass is 16.5. The number of rotatable bonds is 3. The molecule has 7 nitrogen and oxygen atoms in total. The Kier molecular flexibility index (Phi) is 5.21. The number of aromatic nitrogens is 4. The molecule has 3 aromatic rings. The molecule has 0 amide bonds. The summed E-state index contributed by atoms with van der Waals surface area (Å²) in [6, 6.07) is 10.3. The monoisotopic (exact) mass is 404 g/mol. The van der Waals surface area contributed by atoms with E-state index in [9.17, 15) is 0 Å². The lowest BCUT2D eigenvalue weighted by atomic mass is 9.96. The molecule has 0 spiro atoms. The number of aryl methyl sites for hydroxylation is 2. The van der Waals surface area contributed by atoms with Crippen LogP contribution in [0.3, 0.4) is 0 Å². The van der Waals surface area contributed by atoms with Gasteiger partial charge in [0.25, 0.3) is 0 Å². The van der Waals surface area contributed by atoms with E-state index in [0.29, 0.717) is 5.92 Å². The average molecular weight is 405 g/mol. The van der Waals surface area contributed by atoms with Gasteiger partial charge in [0.2, 0.25) is 0 Å². The molecular formula is C23H28N6O. The zero-order valence-electron chi connectivity index (χ0n) is 17.7. The van der Waals surface area contributed by atoms with Gasteiger partial charge in [0.15, 0.2) is 5.82 Å². The molecule has 156 valence electrons. The van der Waals surface area contributed by atoms with Crippen molar-refractivity contribution < 1.29 is 4.74 Å². The maximum absolute atomic E-state index is 5.52. The lowest BCUT2D eigenvalue weighted by Gasteiger charge is -2.36. The first-order valence-corrected chi connectivity index (χ1v) is 10.8. The fraction of sp³-hybridized carbons (Fsp3) is 0.478. The predicted molar refractivity (Wildman–Crippen MR) is 118 cm³/mol. The number of para-hydroxylation sites is 2. The number of hydrogen-bond acceptors (Lipinski definition) is 7. The fourth-order valence-electron chi connectivity index (χ4n) is 4.46. The first-order valence-electron chi connectivity index (χ1n) is 10.8. The average Bonchev–Trinajstić information content (AvgIpc) is 2.79. The van der Waals surface area contributed by atoms with E-state index in [4.69, 9.17) is 24.7 Å². The van der Waals surface area contributed by atoms with Crippen molar-refractivity contribution in [2.45, 2.75) is 32.6 Å². The van der Waals surface area contributed by atoms with Gasteiger partial charge in [-0.2, -0.15) is 0 Å². The second-order valence-corrected chi connectivity index (χ2v) is 8.18. The van der Waals surface area contributed by atoms with Crippen LogP contribution in [0, 0.1) is 13.8 Å². The highest BCUT2D eigenvalue weighted by molar-refractivity contribution is 5.76. The van der Waals surface area contributed by atoms with Crippen molar-refractivity contribution in [2.75, 3.05) is 49.2 Å². The summed E-state index contributed by atoms with van der Waals surface area (Å²) < 4.78 is 5.52. The summed E-state index contributed by atoms with van der Waals surface area (Å²) in [6.45, 7) is 9.34. The summed E-state index contributed by atoms with van der Waals surface area (Å²) in [4.78, 5) is 23.8. The Bertz CT molecular complexity index is 1040. The minimum atomic E-state index is 0.482. The van der Waals surface area contributed by atoms with Crippen molar-refractivity contribution in [1.82, 2.24) is 19.9 Å². The Morgan fingerprint density at radius 2 is 1.50 bits per heavy atom. The first kappa shape index (κ1) is 19.2. The quantitative estimate of drug-likeness (QED) is 0.664. The van der Waals surface area contributed by atoms with Gasteiger partial charge in [0, 0.05) is 57.1 Å². The van der Waals surface area contributed by atoms with E-state index >= 15 is 0 Å². The molecule has 2 fully saturated rings. The summed E-state index contributed by atoms with van der Waals surface area (Å²) in [5.74, 6) is 3.38. The van der Waals surface area contributed by atoms with Crippen LogP contribution in [0.5, 0.6) is 0 Å². The third-order valence-electron chi connectivity index (χ3n) is 6.11. The minimum Gasteiger partial charge on any atom is -0.381 e. The Balaban J connectivity index is 1.32. The van der Waals surface area contributed by atoms with E-state index < -0.39 is 0 Å². The van der Waals surface area contributed by atoms with E-state index in [-0.39, 0.29) is 0 Å². The molecule has 2 aliphatic heterocycles. The Labute approximate surface area is 177 Å². The first-order chi connectivity index (χ1) is 14.7. The molecule has 0 aliphatic carbocycles. The number of ether oxygens (including phenoxy) is 1. The fourth-order valence-corrected chi connectivity index (χ4v) is 4.46. The molecule has 0 saturated carbocycles. The summed E-state index contributed by atoms with van der Waals surface area (Å²) in [5.41, 5.74) is 4.06. The summed E-state index contributed by atoms with van der Waals surface area (Å²) >= 11 is 0. The van der Waals surface area contributed by atoms with Crippen LogP contribution in [0.2, 0.25) is 0 Å². The molecule has 5 rings (SSSR count). The Hall–Kier alpha value is -2.80. The van der Waals surface area contributed by atoms with Gasteiger partial charge in [-0.25, -0.2) is 19.9 Å². The summed E-state index contributed by atoms with van der Waals surface area (Å²) in [5, 5.41) is 0. The number of piperazine rings is 1. The largest absolute Gasteiger partial charge is 0.381 e. The molecule has 0 atom stereocenters. The standard InChI is InChI=1S/C23H28N6O/c1-16-23(27-20-6-4-3-5-19(20)24-16)29-11-9-28(10-12-29)22-15-21(25-17(2)26-22)18-7-13-30-14-8-18/h3-6,15,18H,7-14H2,1-2H3. The van der Waals surface area contributed by atoms with Crippen LogP contribution in [-0.2, 0) is 4.74 Å². The van der Waals surface area contributed by atoms with Crippen molar-refractivity contribution in [1.29, 1.82) is 0 Å². The highest BCUT2D eigenvalue weighted by Gasteiger charge is 2.24. The third kappa shape index (κ3) is 3.81.